The lowest BCUT2D eigenvalue weighted by molar-refractivity contribution is -0.118. The van der Waals surface area contributed by atoms with Gasteiger partial charge in [0, 0.05) is 48.8 Å². The summed E-state index contributed by atoms with van der Waals surface area (Å²) >= 11 is 0. The number of nitrogens with one attached hydrogen (secondary N) is 1. The fraction of sp³-hybridized carbons (Fsp3) is 0.348. The molecule has 0 unspecified atom stereocenters. The lowest BCUT2D eigenvalue weighted by atomic mass is 10.1. The molecule has 5 nitrogen and oxygen atoms in total. The van der Waals surface area contributed by atoms with Crippen molar-refractivity contribution < 1.29 is 4.79 Å². The zero-order chi connectivity index (χ0) is 19.5. The van der Waals surface area contributed by atoms with E-state index in [2.05, 4.69) is 65.7 Å². The molecule has 1 saturated heterocycles. The highest BCUT2D eigenvalue weighted by atomic mass is 16.1. The zero-order valence-corrected chi connectivity index (χ0v) is 16.4. The van der Waals surface area contributed by atoms with Gasteiger partial charge < -0.3 is 15.6 Å². The van der Waals surface area contributed by atoms with Gasteiger partial charge in [-0.3, -0.25) is 9.69 Å². The van der Waals surface area contributed by atoms with Gasteiger partial charge in [0.15, 0.2) is 0 Å². The van der Waals surface area contributed by atoms with E-state index in [1.807, 2.05) is 10.6 Å². The Hall–Kier alpha value is -2.63. The maximum absolute atomic E-state index is 11.5. The first kappa shape index (κ1) is 18.7. The van der Waals surface area contributed by atoms with Gasteiger partial charge in [-0.1, -0.05) is 48.5 Å². The van der Waals surface area contributed by atoms with Gasteiger partial charge in [0.25, 0.3) is 0 Å². The van der Waals surface area contributed by atoms with E-state index in [9.17, 15) is 4.79 Å². The second kappa shape index (κ2) is 8.17. The van der Waals surface area contributed by atoms with E-state index in [0.29, 0.717) is 6.04 Å². The number of amides is 1. The molecule has 1 aliphatic heterocycles. The molecule has 4 rings (SSSR count). The smallest absolute Gasteiger partial charge is 0.237 e. The van der Waals surface area contributed by atoms with Gasteiger partial charge in [-0.2, -0.15) is 0 Å². The Balaban J connectivity index is 1.43. The van der Waals surface area contributed by atoms with E-state index in [-0.39, 0.29) is 12.5 Å². The molecule has 2 aromatic carbocycles. The number of hydrogen-bond acceptors (Lipinski definition) is 3. The molecule has 1 fully saturated rings. The van der Waals surface area contributed by atoms with Crippen LogP contribution in [-0.2, 0) is 24.4 Å². The first-order chi connectivity index (χ1) is 13.6. The third-order valence-corrected chi connectivity index (χ3v) is 5.76. The molecule has 3 aromatic rings. The third kappa shape index (κ3) is 3.96. The van der Waals surface area contributed by atoms with E-state index in [1.165, 1.54) is 16.5 Å². The van der Waals surface area contributed by atoms with Gasteiger partial charge in [-0.05, 0) is 30.5 Å². The van der Waals surface area contributed by atoms with E-state index in [0.717, 1.165) is 43.8 Å². The van der Waals surface area contributed by atoms with Crippen LogP contribution < -0.4 is 11.1 Å². The number of benzene rings is 2. The van der Waals surface area contributed by atoms with Gasteiger partial charge in [0.2, 0.25) is 5.91 Å². The molecule has 0 spiro atoms. The van der Waals surface area contributed by atoms with Crippen LogP contribution in [0.3, 0.4) is 0 Å². The minimum Gasteiger partial charge on any atom is -0.368 e. The van der Waals surface area contributed by atoms with E-state index >= 15 is 0 Å². The Kier molecular flexibility index (Phi) is 5.46. The number of nitrogens with zero attached hydrogens (tertiary/aromatic N) is 2. The average Bonchev–Trinajstić information content (AvgIpc) is 3.24. The molecule has 1 atom stereocenters. The van der Waals surface area contributed by atoms with Crippen molar-refractivity contribution in [1.82, 2.24) is 14.8 Å². The predicted octanol–water partition coefficient (Wildman–Crippen LogP) is 2.80. The molecule has 146 valence electrons. The first-order valence-electron chi connectivity index (χ1n) is 9.96. The van der Waals surface area contributed by atoms with Crippen LogP contribution in [0, 0.1) is 6.92 Å². The lowest BCUT2D eigenvalue weighted by Gasteiger charge is -2.17. The highest BCUT2D eigenvalue weighted by molar-refractivity contribution is 5.87. The largest absolute Gasteiger partial charge is 0.368 e. The van der Waals surface area contributed by atoms with Crippen LogP contribution in [0.5, 0.6) is 0 Å². The standard InChI is InChI=1S/C23H28N4O/c1-17-21(20-9-5-6-10-22(20)27(17)16-23(24)28)13-25-19-11-12-26(15-19)14-18-7-3-2-4-8-18/h2-10,19,25H,11-16H2,1H3,(H2,24,28)/t19-/m0/s1. The molecule has 1 aromatic heterocycles. The number of carbonyl (C=O) groups is 1. The number of nitrogens with two attached hydrogens (primary N) is 1. The SMILES string of the molecule is Cc1c(CN[C@H]2CCN(Cc3ccccc3)C2)c2ccccc2n1CC(N)=O. The van der Waals surface area contributed by atoms with Crippen molar-refractivity contribution in [2.24, 2.45) is 5.73 Å². The Morgan fingerprint density at radius 1 is 1.14 bits per heavy atom. The van der Waals surface area contributed by atoms with Crippen molar-refractivity contribution in [2.45, 2.75) is 39.0 Å². The Bertz CT molecular complexity index is 963. The van der Waals surface area contributed by atoms with Gasteiger partial charge in [0.1, 0.15) is 6.54 Å². The summed E-state index contributed by atoms with van der Waals surface area (Å²) in [4.78, 5) is 14.0. The number of fused-ring (bicyclic) bond motifs is 1. The highest BCUT2D eigenvalue weighted by Crippen LogP contribution is 2.26. The van der Waals surface area contributed by atoms with Crippen LogP contribution in [0.2, 0.25) is 0 Å². The molecule has 5 heteroatoms. The molecule has 0 bridgehead atoms. The number of rotatable bonds is 7. The summed E-state index contributed by atoms with van der Waals surface area (Å²) in [7, 11) is 0. The second-order valence-corrected chi connectivity index (χ2v) is 7.72. The molecule has 3 N–H and O–H groups in total. The maximum Gasteiger partial charge on any atom is 0.237 e. The summed E-state index contributed by atoms with van der Waals surface area (Å²) in [6.07, 6.45) is 1.16. The van der Waals surface area contributed by atoms with Crippen LogP contribution in [0.4, 0.5) is 0 Å². The number of aromatic nitrogens is 1. The first-order valence-corrected chi connectivity index (χ1v) is 9.96. The second-order valence-electron chi connectivity index (χ2n) is 7.72. The zero-order valence-electron chi connectivity index (χ0n) is 16.4. The minimum absolute atomic E-state index is 0.223. The number of hydrogen-bond donors (Lipinski definition) is 2. The van der Waals surface area contributed by atoms with E-state index < -0.39 is 0 Å². The van der Waals surface area contributed by atoms with Crippen LogP contribution in [0.1, 0.15) is 23.2 Å². The normalized spacial score (nSPS) is 17.4. The Morgan fingerprint density at radius 2 is 1.89 bits per heavy atom. The average molecular weight is 377 g/mol. The van der Waals surface area contributed by atoms with Crippen molar-refractivity contribution in [3.63, 3.8) is 0 Å². The minimum atomic E-state index is -0.310. The van der Waals surface area contributed by atoms with Crippen LogP contribution in [-0.4, -0.2) is 34.5 Å². The fourth-order valence-electron chi connectivity index (χ4n) is 4.32. The van der Waals surface area contributed by atoms with Crippen molar-refractivity contribution in [3.8, 4) is 0 Å². The van der Waals surface area contributed by atoms with Gasteiger partial charge in [-0.15, -0.1) is 0 Å². The molecule has 0 aliphatic carbocycles. The molecule has 0 saturated carbocycles. The summed E-state index contributed by atoms with van der Waals surface area (Å²) in [6.45, 7) is 6.30. The Morgan fingerprint density at radius 3 is 2.68 bits per heavy atom. The number of primary amides is 1. The lowest BCUT2D eigenvalue weighted by Crippen LogP contribution is -2.32. The van der Waals surface area contributed by atoms with Crippen LogP contribution in [0.15, 0.2) is 54.6 Å². The summed E-state index contributed by atoms with van der Waals surface area (Å²) in [5.41, 5.74) is 10.3. The quantitative estimate of drug-likeness (QED) is 0.666. The molecule has 0 radical (unpaired) electrons. The molecular weight excluding hydrogens is 348 g/mol. The fourth-order valence-corrected chi connectivity index (χ4v) is 4.32. The Labute approximate surface area is 166 Å². The van der Waals surface area contributed by atoms with Crippen molar-refractivity contribution in [1.29, 1.82) is 0 Å². The van der Waals surface area contributed by atoms with Crippen molar-refractivity contribution >= 4 is 16.8 Å². The molecule has 1 aliphatic rings. The number of carbonyl (C=O) groups excluding carboxylic acids is 1. The predicted molar refractivity (Wildman–Crippen MR) is 113 cm³/mol. The third-order valence-electron chi connectivity index (χ3n) is 5.76. The summed E-state index contributed by atoms with van der Waals surface area (Å²) in [5, 5.41) is 4.94. The summed E-state index contributed by atoms with van der Waals surface area (Å²) in [6, 6.07) is 19.4. The van der Waals surface area contributed by atoms with Crippen molar-refractivity contribution in [2.75, 3.05) is 13.1 Å². The van der Waals surface area contributed by atoms with Crippen molar-refractivity contribution in [3.05, 3.63) is 71.4 Å². The number of para-hydroxylation sites is 1. The molecule has 1 amide bonds. The maximum atomic E-state index is 11.5. The van der Waals surface area contributed by atoms with Gasteiger partial charge in [-0.25, -0.2) is 0 Å². The molecule has 28 heavy (non-hydrogen) atoms. The van der Waals surface area contributed by atoms with Crippen LogP contribution in [0.25, 0.3) is 10.9 Å². The van der Waals surface area contributed by atoms with Gasteiger partial charge >= 0.3 is 0 Å². The van der Waals surface area contributed by atoms with Crippen LogP contribution >= 0.6 is 0 Å². The molecule has 2 heterocycles. The summed E-state index contributed by atoms with van der Waals surface area (Å²) < 4.78 is 2.03. The summed E-state index contributed by atoms with van der Waals surface area (Å²) in [5.74, 6) is -0.310. The topological polar surface area (TPSA) is 63.3 Å². The highest BCUT2D eigenvalue weighted by Gasteiger charge is 2.23. The number of likely N-dealkylation sites (tertiary alicyclic amines) is 1. The van der Waals surface area contributed by atoms with E-state index in [1.54, 1.807) is 0 Å². The molecular formula is C23H28N4O. The van der Waals surface area contributed by atoms with Gasteiger partial charge in [0.05, 0.1) is 0 Å². The van der Waals surface area contributed by atoms with E-state index in [4.69, 9.17) is 5.73 Å². The monoisotopic (exact) mass is 376 g/mol.